The van der Waals surface area contributed by atoms with Crippen LogP contribution in [0.1, 0.15) is 0 Å². The fourth-order valence-corrected chi connectivity index (χ4v) is 2.42. The van der Waals surface area contributed by atoms with Crippen molar-refractivity contribution in [1.82, 2.24) is 9.59 Å². The van der Waals surface area contributed by atoms with Crippen LogP contribution >= 0.6 is 30.7 Å². The van der Waals surface area contributed by atoms with Gasteiger partial charge in [-0.25, -0.2) is 4.79 Å². The minimum atomic E-state index is -3.80. The monoisotopic (exact) mass is 364 g/mol. The number of carbonyl (C=O) groups excluding carboxylic acids is 1. The highest BCUT2D eigenvalue weighted by Crippen LogP contribution is 2.33. The molecular formula is C11H14ClN4O4PS. The predicted molar refractivity (Wildman–Crippen MR) is 86.6 cm³/mol. The van der Waals surface area contributed by atoms with Crippen LogP contribution in [0.4, 0.5) is 15.5 Å². The van der Waals surface area contributed by atoms with E-state index in [2.05, 4.69) is 20.2 Å². The molecule has 0 atom stereocenters. The molecule has 0 fully saturated rings. The van der Waals surface area contributed by atoms with Gasteiger partial charge in [0, 0.05) is 23.1 Å². The van der Waals surface area contributed by atoms with Gasteiger partial charge in [-0.1, -0.05) is 22.7 Å². The molecule has 0 bridgehead atoms. The number of urea groups is 1. The van der Waals surface area contributed by atoms with Gasteiger partial charge in [0.15, 0.2) is 0 Å². The van der Waals surface area contributed by atoms with Gasteiger partial charge < -0.3 is 15.1 Å². The van der Waals surface area contributed by atoms with Gasteiger partial charge in [0.05, 0.1) is 12.4 Å². The summed E-state index contributed by atoms with van der Waals surface area (Å²) in [6.45, 7) is 0. The quantitative estimate of drug-likeness (QED) is 0.488. The van der Waals surface area contributed by atoms with E-state index in [-0.39, 0.29) is 18.1 Å². The van der Waals surface area contributed by atoms with E-state index in [1.54, 1.807) is 0 Å². The average Bonchev–Trinajstić information content (AvgIpc) is 2.92. The Hall–Kier alpha value is -1.51. The minimum Gasteiger partial charge on any atom is -0.324 e. The minimum absolute atomic E-state index is 0.0181. The first kappa shape index (κ1) is 18.5. The summed E-state index contributed by atoms with van der Waals surface area (Å²) >= 11 is 6.12. The third-order valence-electron chi connectivity index (χ3n) is 2.01. The largest absolute Gasteiger partial charge is 0.326 e. The Balaban J connectivity index is 0.000000295. The van der Waals surface area contributed by atoms with Crippen LogP contribution in [-0.2, 0) is 4.57 Å². The summed E-state index contributed by atoms with van der Waals surface area (Å²) in [4.78, 5) is 27.5. The number of hydrogen-bond donors (Lipinski definition) is 4. The summed E-state index contributed by atoms with van der Waals surface area (Å²) in [5, 5.41) is 9.52. The number of amides is 2. The van der Waals surface area contributed by atoms with Crippen LogP contribution < -0.4 is 10.6 Å². The number of benzene rings is 1. The lowest BCUT2D eigenvalue weighted by Gasteiger charge is -2.04. The zero-order chi connectivity index (χ0) is 16.4. The van der Waals surface area contributed by atoms with Crippen LogP contribution in [0.5, 0.6) is 0 Å². The zero-order valence-electron chi connectivity index (χ0n) is 11.2. The molecule has 0 unspecified atom stereocenters. The first-order valence-corrected chi connectivity index (χ1v) is 9.02. The van der Waals surface area contributed by atoms with Crippen molar-refractivity contribution in [2.75, 3.05) is 22.7 Å². The maximum Gasteiger partial charge on any atom is 0.326 e. The molecule has 1 aromatic carbocycles. The normalized spacial score (nSPS) is 10.3. The van der Waals surface area contributed by atoms with Crippen molar-refractivity contribution in [3.63, 3.8) is 0 Å². The molecule has 0 aliphatic carbocycles. The maximum atomic E-state index is 11.4. The summed E-state index contributed by atoms with van der Waals surface area (Å²) in [5.74, 6) is 0.0181. The predicted octanol–water partition coefficient (Wildman–Crippen LogP) is 2.59. The summed E-state index contributed by atoms with van der Waals surface area (Å²) in [7, 11) is -3.80. The lowest BCUT2D eigenvalue weighted by atomic mass is 10.3. The topological polar surface area (TPSA) is 124 Å². The second kappa shape index (κ2) is 9.50. The highest BCUT2D eigenvalue weighted by Gasteiger charge is 2.09. The number of hydrogen-bond acceptors (Lipinski definition) is 5. The molecule has 8 nitrogen and oxygen atoms in total. The second-order valence-corrected chi connectivity index (χ2v) is 6.74. The fourth-order valence-electron chi connectivity index (χ4n) is 1.13. The Kier molecular flexibility index (Phi) is 8.00. The highest BCUT2D eigenvalue weighted by atomic mass is 35.5. The number of rotatable bonds is 4. The van der Waals surface area contributed by atoms with Gasteiger partial charge in [0.1, 0.15) is 5.00 Å². The van der Waals surface area contributed by atoms with Crippen LogP contribution in [0.25, 0.3) is 0 Å². The van der Waals surface area contributed by atoms with Gasteiger partial charge in [-0.05, 0) is 12.1 Å². The summed E-state index contributed by atoms with van der Waals surface area (Å²) in [5.41, 5.74) is 0.743. The molecule has 120 valence electrons. The number of nitrogens with zero attached hydrogens (tertiary/aromatic N) is 2. The molecule has 4 N–H and O–H groups in total. The van der Waals surface area contributed by atoms with Crippen molar-refractivity contribution in [3.8, 4) is 0 Å². The molecule has 11 heteroatoms. The van der Waals surface area contributed by atoms with E-state index in [1.807, 2.05) is 30.3 Å². The van der Waals surface area contributed by atoms with E-state index < -0.39 is 7.60 Å². The van der Waals surface area contributed by atoms with Crippen molar-refractivity contribution < 1.29 is 19.1 Å². The summed E-state index contributed by atoms with van der Waals surface area (Å²) < 4.78 is 13.5. The molecule has 1 aromatic heterocycles. The van der Waals surface area contributed by atoms with Crippen molar-refractivity contribution in [2.24, 2.45) is 0 Å². The van der Waals surface area contributed by atoms with E-state index in [0.717, 1.165) is 17.2 Å². The van der Waals surface area contributed by atoms with Crippen molar-refractivity contribution in [2.45, 2.75) is 0 Å². The van der Waals surface area contributed by atoms with E-state index in [1.165, 1.54) is 6.20 Å². The molecule has 2 aromatic rings. The van der Waals surface area contributed by atoms with Gasteiger partial charge in [-0.15, -0.1) is 16.7 Å². The Morgan fingerprint density at radius 3 is 2.41 bits per heavy atom. The van der Waals surface area contributed by atoms with Crippen molar-refractivity contribution in [3.05, 3.63) is 36.5 Å². The van der Waals surface area contributed by atoms with E-state index in [0.29, 0.717) is 5.00 Å². The standard InChI is InChI=1S/C9H8N4OS.C2H6ClO3P/c14-9(12-8-6-10-13-15-8)11-7-4-2-1-3-5-7;3-1-2-7(4,5)6/h1-6H,(H2,11,12,14);1-2H2,(H2,4,5,6). The molecule has 0 aliphatic rings. The molecule has 1 heterocycles. The number of aromatic nitrogens is 2. The van der Waals surface area contributed by atoms with Crippen LogP contribution in [0.15, 0.2) is 36.5 Å². The third kappa shape index (κ3) is 8.71. The Labute approximate surface area is 135 Å². The number of halogens is 1. The van der Waals surface area contributed by atoms with Crippen LogP contribution in [0.2, 0.25) is 0 Å². The van der Waals surface area contributed by atoms with Crippen LogP contribution in [0.3, 0.4) is 0 Å². The molecule has 2 amide bonds. The number of anilines is 2. The number of para-hydroxylation sites is 1. The lowest BCUT2D eigenvalue weighted by molar-refractivity contribution is 0.262. The first-order chi connectivity index (χ1) is 10.4. The number of carbonyl (C=O) groups is 1. The SMILES string of the molecule is O=C(Nc1ccccc1)Nc1cnns1.O=P(O)(O)CCCl. The van der Waals surface area contributed by atoms with Gasteiger partial charge in [-0.3, -0.25) is 9.88 Å². The first-order valence-electron chi connectivity index (χ1n) is 5.91. The van der Waals surface area contributed by atoms with Crippen LogP contribution in [0, 0.1) is 0 Å². The Bertz CT molecular complexity index is 608. The van der Waals surface area contributed by atoms with Gasteiger partial charge in [0.2, 0.25) is 0 Å². The second-order valence-electron chi connectivity index (χ2n) is 3.80. The zero-order valence-corrected chi connectivity index (χ0v) is 13.7. The van der Waals surface area contributed by atoms with Crippen LogP contribution in [-0.4, -0.2) is 37.4 Å². The van der Waals surface area contributed by atoms with Crippen molar-refractivity contribution in [1.29, 1.82) is 0 Å². The number of nitrogens with one attached hydrogen (secondary N) is 2. The van der Waals surface area contributed by atoms with E-state index in [9.17, 15) is 9.36 Å². The molecular weight excluding hydrogens is 351 g/mol. The van der Waals surface area contributed by atoms with Gasteiger partial charge in [0.25, 0.3) is 0 Å². The lowest BCUT2D eigenvalue weighted by Crippen LogP contribution is -2.18. The molecule has 0 saturated heterocycles. The number of alkyl halides is 1. The smallest absolute Gasteiger partial charge is 0.324 e. The van der Waals surface area contributed by atoms with Gasteiger partial charge >= 0.3 is 13.6 Å². The fraction of sp³-hybridized carbons (Fsp3) is 0.182. The van der Waals surface area contributed by atoms with Gasteiger partial charge in [-0.2, -0.15) is 0 Å². The Morgan fingerprint density at radius 2 is 1.95 bits per heavy atom. The Morgan fingerprint density at radius 1 is 1.27 bits per heavy atom. The third-order valence-corrected chi connectivity index (χ3v) is 3.84. The van der Waals surface area contributed by atoms with E-state index in [4.69, 9.17) is 21.4 Å². The molecule has 0 radical (unpaired) electrons. The maximum absolute atomic E-state index is 11.4. The molecule has 2 rings (SSSR count). The molecule has 0 saturated carbocycles. The molecule has 0 aliphatic heterocycles. The summed E-state index contributed by atoms with van der Waals surface area (Å²) in [6, 6.07) is 8.91. The average molecular weight is 365 g/mol. The molecule has 22 heavy (non-hydrogen) atoms. The van der Waals surface area contributed by atoms with E-state index >= 15 is 0 Å². The summed E-state index contributed by atoms with van der Waals surface area (Å²) in [6.07, 6.45) is 1.27. The molecule has 0 spiro atoms. The van der Waals surface area contributed by atoms with Crippen molar-refractivity contribution >= 4 is 47.4 Å². The highest BCUT2D eigenvalue weighted by molar-refractivity contribution is 7.51.